The van der Waals surface area contributed by atoms with Gasteiger partial charge in [0.15, 0.2) is 0 Å². The van der Waals surface area contributed by atoms with E-state index < -0.39 is 17.8 Å². The Balaban J connectivity index is 2.13. The molecule has 0 heterocycles. The number of fused-ring (bicyclic) bond motifs is 2. The number of hydrogen-bond acceptors (Lipinski definition) is 3. The first-order valence-electron chi connectivity index (χ1n) is 6.49. The zero-order valence-electron chi connectivity index (χ0n) is 11.1. The molecule has 0 saturated heterocycles. The third-order valence-corrected chi connectivity index (χ3v) is 3.99. The lowest BCUT2D eigenvalue weighted by molar-refractivity contribution is -0.159. The maximum atomic E-state index is 12.1. The number of carboxylic acids is 1. The molecule has 2 rings (SSSR count). The van der Waals surface area contributed by atoms with E-state index in [-0.39, 0.29) is 23.7 Å². The summed E-state index contributed by atoms with van der Waals surface area (Å²) < 4.78 is 5.24. The minimum absolute atomic E-state index is 0.00380. The molecule has 0 aromatic carbocycles. The first-order valence-corrected chi connectivity index (χ1v) is 6.49. The van der Waals surface area contributed by atoms with Crippen molar-refractivity contribution >= 4 is 11.9 Å². The second kappa shape index (κ2) is 4.75. The monoisotopic (exact) mass is 252 g/mol. The van der Waals surface area contributed by atoms with Crippen LogP contribution in [-0.2, 0) is 14.3 Å². The van der Waals surface area contributed by atoms with E-state index in [0.29, 0.717) is 6.61 Å². The van der Waals surface area contributed by atoms with Crippen LogP contribution in [0.3, 0.4) is 0 Å². The van der Waals surface area contributed by atoms with Crippen molar-refractivity contribution in [3.8, 4) is 0 Å². The van der Waals surface area contributed by atoms with Gasteiger partial charge in [-0.25, -0.2) is 0 Å². The van der Waals surface area contributed by atoms with Gasteiger partial charge in [-0.05, 0) is 31.1 Å². The van der Waals surface area contributed by atoms with Gasteiger partial charge in [0.2, 0.25) is 0 Å². The van der Waals surface area contributed by atoms with Crippen LogP contribution in [0, 0.1) is 29.6 Å². The van der Waals surface area contributed by atoms with Crippen molar-refractivity contribution < 1.29 is 19.4 Å². The number of ether oxygens (including phenoxy) is 1. The van der Waals surface area contributed by atoms with Gasteiger partial charge in [-0.3, -0.25) is 9.59 Å². The average Bonchev–Trinajstić information content (AvgIpc) is 2.81. The zero-order chi connectivity index (χ0) is 13.4. The van der Waals surface area contributed by atoms with E-state index >= 15 is 0 Å². The van der Waals surface area contributed by atoms with Crippen molar-refractivity contribution in [1.29, 1.82) is 0 Å². The molecule has 0 radical (unpaired) electrons. The Bertz CT molecular complexity index is 397. The third kappa shape index (κ3) is 2.16. The zero-order valence-corrected chi connectivity index (χ0v) is 11.1. The number of carbonyl (C=O) groups excluding carboxylic acids is 1. The normalized spacial score (nSPS) is 33.7. The Hall–Kier alpha value is -1.32. The highest BCUT2D eigenvalue weighted by molar-refractivity contribution is 5.83. The fourth-order valence-corrected chi connectivity index (χ4v) is 3.20. The fraction of sp³-hybridized carbons (Fsp3) is 0.714. The van der Waals surface area contributed by atoms with Crippen LogP contribution in [0.5, 0.6) is 0 Å². The molecular formula is C14H20O4. The number of rotatable bonds is 4. The van der Waals surface area contributed by atoms with Crippen molar-refractivity contribution in [3.63, 3.8) is 0 Å². The number of hydrogen-bond donors (Lipinski definition) is 1. The average molecular weight is 252 g/mol. The van der Waals surface area contributed by atoms with Gasteiger partial charge in [0.05, 0.1) is 18.4 Å². The number of carbonyl (C=O) groups is 2. The van der Waals surface area contributed by atoms with Gasteiger partial charge in [-0.1, -0.05) is 25.5 Å². The van der Waals surface area contributed by atoms with Crippen molar-refractivity contribution in [3.05, 3.63) is 11.6 Å². The molecule has 4 nitrogen and oxygen atoms in total. The van der Waals surface area contributed by atoms with Gasteiger partial charge in [0.1, 0.15) is 0 Å². The lowest BCUT2D eigenvalue weighted by atomic mass is 9.80. The number of aliphatic carboxylic acids is 1. The third-order valence-electron chi connectivity index (χ3n) is 3.99. The van der Waals surface area contributed by atoms with Crippen LogP contribution < -0.4 is 0 Å². The van der Waals surface area contributed by atoms with Crippen LogP contribution in [0.15, 0.2) is 11.6 Å². The fourth-order valence-electron chi connectivity index (χ4n) is 3.20. The van der Waals surface area contributed by atoms with Crippen LogP contribution >= 0.6 is 0 Å². The van der Waals surface area contributed by atoms with Crippen molar-refractivity contribution in [2.45, 2.75) is 27.2 Å². The van der Waals surface area contributed by atoms with Crippen LogP contribution in [0.25, 0.3) is 0 Å². The first kappa shape index (κ1) is 13.1. The second-order valence-corrected chi connectivity index (χ2v) is 5.83. The molecule has 2 bridgehead atoms. The van der Waals surface area contributed by atoms with Crippen LogP contribution in [-0.4, -0.2) is 23.7 Å². The Morgan fingerprint density at radius 3 is 2.67 bits per heavy atom. The Labute approximate surface area is 107 Å². The van der Waals surface area contributed by atoms with E-state index in [1.54, 1.807) is 0 Å². The number of carboxylic acid groups (broad SMARTS) is 1. The Morgan fingerprint density at radius 2 is 2.11 bits per heavy atom. The SMILES string of the molecule is CC1=CC2CC1C(C(=O)OCC(C)C)C2C(=O)O. The molecule has 4 atom stereocenters. The van der Waals surface area contributed by atoms with Crippen LogP contribution in [0.2, 0.25) is 0 Å². The van der Waals surface area contributed by atoms with Crippen molar-refractivity contribution in [1.82, 2.24) is 0 Å². The molecule has 0 aliphatic heterocycles. The molecule has 0 aromatic heterocycles. The van der Waals surface area contributed by atoms with E-state index in [1.807, 2.05) is 26.8 Å². The van der Waals surface area contributed by atoms with Gasteiger partial charge < -0.3 is 9.84 Å². The highest BCUT2D eigenvalue weighted by atomic mass is 16.5. The quantitative estimate of drug-likeness (QED) is 0.614. The lowest BCUT2D eigenvalue weighted by Gasteiger charge is -2.26. The largest absolute Gasteiger partial charge is 0.481 e. The van der Waals surface area contributed by atoms with Crippen molar-refractivity contribution in [2.24, 2.45) is 29.6 Å². The molecule has 2 aliphatic rings. The molecule has 2 aliphatic carbocycles. The molecule has 1 N–H and O–H groups in total. The van der Waals surface area contributed by atoms with E-state index in [1.165, 1.54) is 0 Å². The van der Waals surface area contributed by atoms with Crippen molar-refractivity contribution in [2.75, 3.05) is 6.61 Å². The van der Waals surface area contributed by atoms with E-state index in [9.17, 15) is 14.7 Å². The lowest BCUT2D eigenvalue weighted by Crippen LogP contribution is -2.35. The molecular weight excluding hydrogens is 232 g/mol. The standard InChI is InChI=1S/C14H20O4/c1-7(2)6-18-14(17)12-10-5-9(4-8(10)3)11(12)13(15)16/h4,7,9-12H,5-6H2,1-3H3,(H,15,16). The topological polar surface area (TPSA) is 63.6 Å². The summed E-state index contributed by atoms with van der Waals surface area (Å²) in [4.78, 5) is 23.4. The van der Waals surface area contributed by atoms with Crippen LogP contribution in [0.1, 0.15) is 27.2 Å². The summed E-state index contributed by atoms with van der Waals surface area (Å²) in [5, 5.41) is 9.28. The number of esters is 1. The van der Waals surface area contributed by atoms with Crippen LogP contribution in [0.4, 0.5) is 0 Å². The smallest absolute Gasteiger partial charge is 0.310 e. The van der Waals surface area contributed by atoms with Gasteiger partial charge in [0, 0.05) is 0 Å². The molecule has 18 heavy (non-hydrogen) atoms. The van der Waals surface area contributed by atoms with E-state index in [4.69, 9.17) is 4.74 Å². The molecule has 1 saturated carbocycles. The summed E-state index contributed by atoms with van der Waals surface area (Å²) in [5.74, 6) is -1.96. The summed E-state index contributed by atoms with van der Waals surface area (Å²) in [7, 11) is 0. The minimum atomic E-state index is -0.877. The summed E-state index contributed by atoms with van der Waals surface area (Å²) in [5.41, 5.74) is 1.14. The molecule has 0 aromatic rings. The highest BCUT2D eigenvalue weighted by Gasteiger charge is 2.54. The molecule has 4 unspecified atom stereocenters. The first-order chi connectivity index (χ1) is 8.41. The van der Waals surface area contributed by atoms with Gasteiger partial charge in [-0.2, -0.15) is 0 Å². The second-order valence-electron chi connectivity index (χ2n) is 5.83. The summed E-state index contributed by atoms with van der Waals surface area (Å²) in [6.45, 7) is 6.27. The number of allylic oxidation sites excluding steroid dienone is 2. The maximum Gasteiger partial charge on any atom is 0.310 e. The molecule has 100 valence electrons. The summed E-state index contributed by atoms with van der Waals surface area (Å²) in [6.07, 6.45) is 2.79. The van der Waals surface area contributed by atoms with Gasteiger partial charge >= 0.3 is 11.9 Å². The maximum absolute atomic E-state index is 12.1. The van der Waals surface area contributed by atoms with E-state index in [0.717, 1.165) is 12.0 Å². The minimum Gasteiger partial charge on any atom is -0.481 e. The molecule has 4 heteroatoms. The summed E-state index contributed by atoms with van der Waals surface area (Å²) in [6, 6.07) is 0. The predicted molar refractivity (Wildman–Crippen MR) is 65.8 cm³/mol. The molecule has 1 fully saturated rings. The van der Waals surface area contributed by atoms with Gasteiger partial charge in [0.25, 0.3) is 0 Å². The van der Waals surface area contributed by atoms with Gasteiger partial charge in [-0.15, -0.1) is 0 Å². The Morgan fingerprint density at radius 1 is 1.44 bits per heavy atom. The molecule has 0 amide bonds. The predicted octanol–water partition coefficient (Wildman–Crippen LogP) is 2.10. The van der Waals surface area contributed by atoms with E-state index in [2.05, 4.69) is 0 Å². The summed E-state index contributed by atoms with van der Waals surface area (Å²) >= 11 is 0. The molecule has 0 spiro atoms. The Kier molecular flexibility index (Phi) is 3.46. The highest BCUT2D eigenvalue weighted by Crippen LogP contribution is 2.51.